The maximum atomic E-state index is 10.7. The highest BCUT2D eigenvalue weighted by Crippen LogP contribution is 2.47. The van der Waals surface area contributed by atoms with E-state index < -0.39 is 5.97 Å². The van der Waals surface area contributed by atoms with Gasteiger partial charge in [0.05, 0.1) is 0 Å². The Balaban J connectivity index is 1.60. The molecule has 0 bridgehead atoms. The molecule has 2 atom stereocenters. The first-order chi connectivity index (χ1) is 9.24. The first-order valence-corrected chi connectivity index (χ1v) is 8.11. The molecule has 0 aromatic carbocycles. The number of thiophene rings is 1. The lowest BCUT2D eigenvalue weighted by Gasteiger charge is -2.27. The number of aliphatic carboxylic acids is 1. The van der Waals surface area contributed by atoms with E-state index in [1.807, 2.05) is 11.3 Å². The Kier molecular flexibility index (Phi) is 3.89. The topological polar surface area (TPSA) is 40.5 Å². The number of likely N-dealkylation sites (tertiary alicyclic amines) is 1. The third-order valence-corrected chi connectivity index (χ3v) is 5.32. The summed E-state index contributed by atoms with van der Waals surface area (Å²) in [4.78, 5) is 14.8. The van der Waals surface area contributed by atoms with Gasteiger partial charge in [-0.1, -0.05) is 6.07 Å². The quantitative estimate of drug-likeness (QED) is 0.867. The van der Waals surface area contributed by atoms with Crippen molar-refractivity contribution in [2.24, 2.45) is 11.8 Å². The summed E-state index contributed by atoms with van der Waals surface area (Å²) in [6.45, 7) is 2.23. The van der Waals surface area contributed by atoms with E-state index in [2.05, 4.69) is 22.4 Å². The van der Waals surface area contributed by atoms with Crippen LogP contribution in [-0.2, 0) is 4.79 Å². The van der Waals surface area contributed by atoms with Gasteiger partial charge in [-0.05, 0) is 55.5 Å². The Bertz CT molecular complexity index is 427. The fraction of sp³-hybridized carbons (Fsp3) is 0.667. The van der Waals surface area contributed by atoms with Crippen LogP contribution in [0.2, 0.25) is 0 Å². The lowest BCUT2D eigenvalue weighted by molar-refractivity contribution is -0.137. The normalized spacial score (nSPS) is 25.6. The molecule has 0 amide bonds. The molecule has 1 aliphatic heterocycles. The van der Waals surface area contributed by atoms with Crippen LogP contribution >= 0.6 is 11.3 Å². The smallest absolute Gasteiger partial charge is 0.303 e. The highest BCUT2D eigenvalue weighted by Gasteiger charge is 2.39. The van der Waals surface area contributed by atoms with E-state index in [0.29, 0.717) is 18.4 Å². The second kappa shape index (κ2) is 5.63. The van der Waals surface area contributed by atoms with Crippen molar-refractivity contribution in [2.75, 3.05) is 13.1 Å². The van der Waals surface area contributed by atoms with E-state index in [9.17, 15) is 4.79 Å². The maximum Gasteiger partial charge on any atom is 0.303 e. The molecule has 0 spiro atoms. The van der Waals surface area contributed by atoms with Gasteiger partial charge in [0.15, 0.2) is 0 Å². The molecule has 1 aromatic heterocycles. The van der Waals surface area contributed by atoms with Crippen LogP contribution in [0, 0.1) is 11.8 Å². The molecular weight excluding hydrogens is 258 g/mol. The average Bonchev–Trinajstić information content (AvgIpc) is 2.90. The zero-order chi connectivity index (χ0) is 13.2. The molecule has 1 saturated carbocycles. The van der Waals surface area contributed by atoms with Gasteiger partial charge >= 0.3 is 5.97 Å². The van der Waals surface area contributed by atoms with Crippen LogP contribution in [0.25, 0.3) is 0 Å². The summed E-state index contributed by atoms with van der Waals surface area (Å²) in [6, 6.07) is 5.01. The summed E-state index contributed by atoms with van der Waals surface area (Å²) in [5.41, 5.74) is 0. The van der Waals surface area contributed by atoms with Crippen molar-refractivity contribution in [1.29, 1.82) is 0 Å². The van der Waals surface area contributed by atoms with Crippen molar-refractivity contribution in [3.63, 3.8) is 0 Å². The van der Waals surface area contributed by atoms with Gasteiger partial charge in [-0.15, -0.1) is 11.3 Å². The first kappa shape index (κ1) is 13.1. The van der Waals surface area contributed by atoms with E-state index in [-0.39, 0.29) is 0 Å². The zero-order valence-corrected chi connectivity index (χ0v) is 11.9. The van der Waals surface area contributed by atoms with Crippen molar-refractivity contribution in [3.05, 3.63) is 22.4 Å². The number of rotatable bonds is 6. The van der Waals surface area contributed by atoms with Gasteiger partial charge in [0.25, 0.3) is 0 Å². The molecule has 3 nitrogen and oxygen atoms in total. The van der Waals surface area contributed by atoms with E-state index in [1.54, 1.807) is 0 Å². The van der Waals surface area contributed by atoms with Crippen LogP contribution in [0.1, 0.15) is 43.0 Å². The molecule has 3 rings (SSSR count). The van der Waals surface area contributed by atoms with Gasteiger partial charge in [0.2, 0.25) is 0 Å². The highest BCUT2D eigenvalue weighted by molar-refractivity contribution is 7.10. The molecule has 2 heterocycles. The molecule has 1 aromatic rings. The molecular formula is C15H21NO2S. The van der Waals surface area contributed by atoms with Crippen LogP contribution in [0.4, 0.5) is 0 Å². The van der Waals surface area contributed by atoms with Gasteiger partial charge in [0, 0.05) is 23.9 Å². The summed E-state index contributed by atoms with van der Waals surface area (Å²) >= 11 is 1.87. The number of carboxylic acids is 1. The fourth-order valence-electron chi connectivity index (χ4n) is 3.26. The molecule has 2 unspecified atom stereocenters. The van der Waals surface area contributed by atoms with Crippen LogP contribution < -0.4 is 0 Å². The van der Waals surface area contributed by atoms with Crippen LogP contribution in [-0.4, -0.2) is 29.1 Å². The standard InChI is InChI=1S/C15H21NO2S/c17-14(18)6-3-11-7-8-16(10-11)15(12-4-5-12)13-2-1-9-19-13/h1-2,9,11-12,15H,3-8,10H2,(H,17,18). The minimum absolute atomic E-state index is 0.325. The maximum absolute atomic E-state index is 10.7. The predicted octanol–water partition coefficient (Wildman–Crippen LogP) is 3.39. The molecule has 0 radical (unpaired) electrons. The SMILES string of the molecule is O=C(O)CCC1CCN(C(c2cccs2)C2CC2)C1. The minimum Gasteiger partial charge on any atom is -0.481 e. The molecule has 2 fully saturated rings. The van der Waals surface area contributed by atoms with Gasteiger partial charge in [0.1, 0.15) is 0 Å². The summed E-state index contributed by atoms with van der Waals surface area (Å²) in [5.74, 6) is 0.768. The van der Waals surface area contributed by atoms with Crippen LogP contribution in [0.3, 0.4) is 0 Å². The minimum atomic E-state index is -0.657. The number of carbonyl (C=O) groups is 1. The van der Waals surface area contributed by atoms with Crippen molar-refractivity contribution in [2.45, 2.75) is 38.1 Å². The van der Waals surface area contributed by atoms with Gasteiger partial charge in [-0.3, -0.25) is 9.69 Å². The Morgan fingerprint density at radius 1 is 1.47 bits per heavy atom. The van der Waals surface area contributed by atoms with Crippen molar-refractivity contribution >= 4 is 17.3 Å². The molecule has 2 aliphatic rings. The van der Waals surface area contributed by atoms with Crippen LogP contribution in [0.15, 0.2) is 17.5 Å². The van der Waals surface area contributed by atoms with E-state index in [4.69, 9.17) is 5.11 Å². The molecule has 19 heavy (non-hydrogen) atoms. The Morgan fingerprint density at radius 2 is 2.32 bits per heavy atom. The predicted molar refractivity (Wildman–Crippen MR) is 76.3 cm³/mol. The van der Waals surface area contributed by atoms with Gasteiger partial charge in [-0.25, -0.2) is 0 Å². The van der Waals surface area contributed by atoms with Gasteiger partial charge in [-0.2, -0.15) is 0 Å². The first-order valence-electron chi connectivity index (χ1n) is 7.23. The number of hydrogen-bond donors (Lipinski definition) is 1. The van der Waals surface area contributed by atoms with Crippen molar-refractivity contribution < 1.29 is 9.90 Å². The number of hydrogen-bond acceptors (Lipinski definition) is 3. The second-order valence-electron chi connectivity index (χ2n) is 5.88. The van der Waals surface area contributed by atoms with E-state index in [1.165, 1.54) is 24.1 Å². The van der Waals surface area contributed by atoms with E-state index >= 15 is 0 Å². The Hall–Kier alpha value is -0.870. The summed E-state index contributed by atoms with van der Waals surface area (Å²) in [7, 11) is 0. The molecule has 1 N–H and O–H groups in total. The highest BCUT2D eigenvalue weighted by atomic mass is 32.1. The third-order valence-electron chi connectivity index (χ3n) is 4.38. The second-order valence-corrected chi connectivity index (χ2v) is 6.86. The fourth-order valence-corrected chi connectivity index (χ4v) is 4.21. The Labute approximate surface area is 118 Å². The van der Waals surface area contributed by atoms with Crippen molar-refractivity contribution in [3.8, 4) is 0 Å². The average molecular weight is 279 g/mol. The number of nitrogens with zero attached hydrogens (tertiary/aromatic N) is 1. The summed E-state index contributed by atoms with van der Waals surface area (Å²) in [5, 5.41) is 11.0. The summed E-state index contributed by atoms with van der Waals surface area (Å²) in [6.07, 6.45) is 5.05. The van der Waals surface area contributed by atoms with Gasteiger partial charge < -0.3 is 5.11 Å². The molecule has 4 heteroatoms. The van der Waals surface area contributed by atoms with Crippen molar-refractivity contribution in [1.82, 2.24) is 4.90 Å². The molecule has 1 saturated heterocycles. The zero-order valence-electron chi connectivity index (χ0n) is 11.1. The number of carboxylic acid groups (broad SMARTS) is 1. The third kappa shape index (κ3) is 3.18. The summed E-state index contributed by atoms with van der Waals surface area (Å²) < 4.78 is 0. The molecule has 1 aliphatic carbocycles. The van der Waals surface area contributed by atoms with E-state index in [0.717, 1.165) is 25.4 Å². The lowest BCUT2D eigenvalue weighted by atomic mass is 10.0. The lowest BCUT2D eigenvalue weighted by Crippen LogP contribution is -2.27. The largest absolute Gasteiger partial charge is 0.481 e. The molecule has 104 valence electrons. The monoisotopic (exact) mass is 279 g/mol. The Morgan fingerprint density at radius 3 is 2.95 bits per heavy atom. The van der Waals surface area contributed by atoms with Crippen LogP contribution in [0.5, 0.6) is 0 Å².